The van der Waals surface area contributed by atoms with Gasteiger partial charge in [-0.15, -0.1) is 12.4 Å². The van der Waals surface area contributed by atoms with Crippen LogP contribution in [0.3, 0.4) is 0 Å². The summed E-state index contributed by atoms with van der Waals surface area (Å²) in [4.78, 5) is 12.7. The highest BCUT2D eigenvalue weighted by molar-refractivity contribution is 7.89. The smallest absolute Gasteiger partial charge is 0.276 e. The molecule has 3 N–H and O–H groups in total. The fraction of sp³-hybridized carbons (Fsp3) is 0.389. The zero-order valence-electron chi connectivity index (χ0n) is 16.2. The number of ether oxygens (including phenoxy) is 1. The highest BCUT2D eigenvalue weighted by Crippen LogP contribution is 2.36. The predicted molar refractivity (Wildman–Crippen MR) is 108 cm³/mol. The number of halogens is 4. The van der Waals surface area contributed by atoms with Gasteiger partial charge in [-0.25, -0.2) is 26.3 Å². The largest absolute Gasteiger partial charge is 0.488 e. The SMILES string of the molecule is Cl.Cn1cc2c(c1C(=O)Nc1ccc(F)c(C(F)F)c1)OC[C@]1(CCNC1)NS2(=O)=O. The lowest BCUT2D eigenvalue weighted by molar-refractivity contribution is 0.101. The second-order valence-electron chi connectivity index (χ2n) is 7.37. The number of rotatable bonds is 3. The van der Waals surface area contributed by atoms with Crippen LogP contribution in [0.1, 0.15) is 28.9 Å². The van der Waals surface area contributed by atoms with Crippen LogP contribution in [-0.2, 0) is 17.1 Å². The van der Waals surface area contributed by atoms with Crippen LogP contribution in [0.25, 0.3) is 0 Å². The van der Waals surface area contributed by atoms with Crippen molar-refractivity contribution in [3.8, 4) is 5.75 Å². The Kier molecular flexibility index (Phi) is 6.29. The minimum Gasteiger partial charge on any atom is -0.488 e. The molecule has 3 heterocycles. The second kappa shape index (κ2) is 8.34. The van der Waals surface area contributed by atoms with Crippen LogP contribution in [0, 0.1) is 5.82 Å². The number of hydrogen-bond acceptors (Lipinski definition) is 5. The molecule has 8 nitrogen and oxygen atoms in total. The van der Waals surface area contributed by atoms with Gasteiger partial charge < -0.3 is 19.9 Å². The highest BCUT2D eigenvalue weighted by atomic mass is 35.5. The summed E-state index contributed by atoms with van der Waals surface area (Å²) in [6.07, 6.45) is -1.27. The van der Waals surface area contributed by atoms with Gasteiger partial charge in [0.2, 0.25) is 10.0 Å². The zero-order chi connectivity index (χ0) is 21.7. The summed E-state index contributed by atoms with van der Waals surface area (Å²) in [6.45, 7) is 1.02. The van der Waals surface area contributed by atoms with Crippen molar-refractivity contribution in [1.82, 2.24) is 14.6 Å². The van der Waals surface area contributed by atoms with E-state index >= 15 is 0 Å². The van der Waals surface area contributed by atoms with E-state index in [9.17, 15) is 26.4 Å². The average molecular weight is 481 g/mol. The first-order chi connectivity index (χ1) is 14.1. The summed E-state index contributed by atoms with van der Waals surface area (Å²) in [7, 11) is -2.50. The Morgan fingerprint density at radius 3 is 2.74 bits per heavy atom. The molecule has 13 heteroatoms. The summed E-state index contributed by atoms with van der Waals surface area (Å²) in [5, 5.41) is 5.48. The van der Waals surface area contributed by atoms with Crippen LogP contribution in [0.15, 0.2) is 29.3 Å². The van der Waals surface area contributed by atoms with Gasteiger partial charge in [0.15, 0.2) is 11.4 Å². The number of anilines is 1. The number of sulfonamides is 1. The van der Waals surface area contributed by atoms with Gasteiger partial charge in [0.05, 0.1) is 11.1 Å². The maximum Gasteiger partial charge on any atom is 0.276 e. The first-order valence-corrected chi connectivity index (χ1v) is 10.6. The lowest BCUT2D eigenvalue weighted by atomic mass is 10.0. The molecule has 0 saturated carbocycles. The van der Waals surface area contributed by atoms with Gasteiger partial charge >= 0.3 is 0 Å². The number of aryl methyl sites for hydroxylation is 1. The van der Waals surface area contributed by atoms with Crippen molar-refractivity contribution in [2.75, 3.05) is 25.0 Å². The number of carbonyl (C=O) groups is 1. The number of alkyl halides is 2. The summed E-state index contributed by atoms with van der Waals surface area (Å²) in [5.74, 6) is -1.99. The molecule has 31 heavy (non-hydrogen) atoms. The maximum atomic E-state index is 13.5. The van der Waals surface area contributed by atoms with Crippen molar-refractivity contribution in [3.05, 3.63) is 41.5 Å². The van der Waals surface area contributed by atoms with E-state index in [1.54, 1.807) is 0 Å². The lowest BCUT2D eigenvalue weighted by Crippen LogP contribution is -2.52. The van der Waals surface area contributed by atoms with Crippen molar-refractivity contribution in [2.24, 2.45) is 7.05 Å². The van der Waals surface area contributed by atoms with Gasteiger partial charge in [0.1, 0.15) is 17.3 Å². The van der Waals surface area contributed by atoms with E-state index in [1.807, 2.05) is 0 Å². The summed E-state index contributed by atoms with van der Waals surface area (Å²) in [6, 6.07) is 2.79. The maximum absolute atomic E-state index is 13.5. The standard InChI is InChI=1S/C18H19F3N4O4S.ClH/c1-25-7-13-15(29-9-18(4-5-22-8-18)24-30(13,27)28)14(25)17(26)23-10-2-3-12(19)11(6-10)16(20)21;/h2-3,6-7,16,22,24H,4-5,8-9H2,1H3,(H,23,26);1H/t18-;/m1./s1. The Morgan fingerprint density at radius 1 is 1.35 bits per heavy atom. The third kappa shape index (κ3) is 4.25. The molecule has 1 spiro atoms. The van der Waals surface area contributed by atoms with Crippen molar-refractivity contribution in [2.45, 2.75) is 23.3 Å². The molecule has 1 amide bonds. The third-order valence-corrected chi connectivity index (χ3v) is 6.75. The predicted octanol–water partition coefficient (Wildman–Crippen LogP) is 2.18. The number of nitrogens with one attached hydrogen (secondary N) is 3. The molecule has 1 aromatic heterocycles. The van der Waals surface area contributed by atoms with Crippen LogP contribution >= 0.6 is 12.4 Å². The van der Waals surface area contributed by atoms with E-state index in [0.717, 1.165) is 18.2 Å². The number of benzene rings is 1. The van der Waals surface area contributed by atoms with Crippen molar-refractivity contribution in [3.63, 3.8) is 0 Å². The monoisotopic (exact) mass is 480 g/mol. The Bertz CT molecular complexity index is 1120. The molecule has 0 radical (unpaired) electrons. The minimum absolute atomic E-state index is 0. The van der Waals surface area contributed by atoms with Crippen LogP contribution in [0.5, 0.6) is 5.75 Å². The van der Waals surface area contributed by atoms with Gasteiger partial charge in [-0.05, 0) is 31.2 Å². The molecule has 1 atom stereocenters. The van der Waals surface area contributed by atoms with Crippen LogP contribution < -0.4 is 20.1 Å². The zero-order valence-corrected chi connectivity index (χ0v) is 17.9. The molecular weight excluding hydrogens is 461 g/mol. The first-order valence-electron chi connectivity index (χ1n) is 9.08. The van der Waals surface area contributed by atoms with Gasteiger partial charge in [-0.1, -0.05) is 0 Å². The van der Waals surface area contributed by atoms with E-state index in [2.05, 4.69) is 15.4 Å². The number of carbonyl (C=O) groups excluding carboxylic acids is 1. The van der Waals surface area contributed by atoms with E-state index in [1.165, 1.54) is 17.8 Å². The lowest BCUT2D eigenvalue weighted by Gasteiger charge is -2.26. The Labute approximate surface area is 182 Å². The minimum atomic E-state index is -3.97. The number of amides is 1. The van der Waals surface area contributed by atoms with Crippen LogP contribution in [-0.4, -0.2) is 44.1 Å². The molecule has 0 unspecified atom stereocenters. The number of nitrogens with zero attached hydrogens (tertiary/aromatic N) is 1. The molecular formula is C18H20ClF3N4O4S. The summed E-state index contributed by atoms with van der Waals surface area (Å²) in [5.41, 5.74) is -1.82. The van der Waals surface area contributed by atoms with Gasteiger partial charge in [-0.2, -0.15) is 0 Å². The van der Waals surface area contributed by atoms with Gasteiger partial charge in [-0.3, -0.25) is 4.79 Å². The molecule has 1 saturated heterocycles. The Morgan fingerprint density at radius 2 is 2.10 bits per heavy atom. The van der Waals surface area contributed by atoms with E-state index in [4.69, 9.17) is 4.74 Å². The topological polar surface area (TPSA) is 101 Å². The first kappa shape index (κ1) is 23.4. The molecule has 0 aliphatic carbocycles. The van der Waals surface area contributed by atoms with Gasteiger partial charge in [0.25, 0.3) is 12.3 Å². The second-order valence-corrected chi connectivity index (χ2v) is 9.03. The number of fused-ring (bicyclic) bond motifs is 1. The summed E-state index contributed by atoms with van der Waals surface area (Å²) < 4.78 is 74.8. The average Bonchev–Trinajstić information content (AvgIpc) is 3.23. The fourth-order valence-electron chi connectivity index (χ4n) is 3.68. The molecule has 170 valence electrons. The van der Waals surface area contributed by atoms with E-state index in [0.29, 0.717) is 19.5 Å². The Balaban J connectivity index is 0.00000272. The molecule has 1 aromatic carbocycles. The normalized spacial score (nSPS) is 21.8. The number of hydrogen-bond donors (Lipinski definition) is 3. The fourth-order valence-corrected chi connectivity index (χ4v) is 5.29. The van der Waals surface area contributed by atoms with Crippen LogP contribution in [0.2, 0.25) is 0 Å². The molecule has 2 aliphatic heterocycles. The van der Waals surface area contributed by atoms with Crippen LogP contribution in [0.4, 0.5) is 18.9 Å². The molecule has 4 rings (SSSR count). The van der Waals surface area contributed by atoms with Crippen molar-refractivity contribution in [1.29, 1.82) is 0 Å². The summed E-state index contributed by atoms with van der Waals surface area (Å²) >= 11 is 0. The van der Waals surface area contributed by atoms with Crippen molar-refractivity contribution >= 4 is 34.0 Å². The number of aromatic nitrogens is 1. The molecule has 2 aliphatic rings. The van der Waals surface area contributed by atoms with E-state index in [-0.39, 0.29) is 41.0 Å². The van der Waals surface area contributed by atoms with Crippen molar-refractivity contribution < 1.29 is 31.1 Å². The highest BCUT2D eigenvalue weighted by Gasteiger charge is 2.44. The molecule has 0 bridgehead atoms. The Hall–Kier alpha value is -2.28. The van der Waals surface area contributed by atoms with Gasteiger partial charge in [0, 0.05) is 25.5 Å². The molecule has 2 aromatic rings. The van der Waals surface area contributed by atoms with E-state index < -0.39 is 39.3 Å². The quantitative estimate of drug-likeness (QED) is 0.625. The molecule has 1 fully saturated rings. The third-order valence-electron chi connectivity index (χ3n) is 5.18.